The van der Waals surface area contributed by atoms with Crippen molar-refractivity contribution in [3.05, 3.63) is 51.2 Å². The van der Waals surface area contributed by atoms with Crippen molar-refractivity contribution in [1.29, 1.82) is 0 Å². The van der Waals surface area contributed by atoms with Gasteiger partial charge < -0.3 is 9.80 Å². The molecule has 0 saturated carbocycles. The van der Waals surface area contributed by atoms with E-state index in [0.29, 0.717) is 32.0 Å². The smallest absolute Gasteiger partial charge is 0.341 e. The van der Waals surface area contributed by atoms with Crippen LogP contribution in [0.4, 0.5) is 0 Å². The Balaban J connectivity index is 1.83. The van der Waals surface area contributed by atoms with E-state index in [1.165, 1.54) is 4.68 Å². The first-order chi connectivity index (χ1) is 14.9. The minimum absolute atomic E-state index is 0.0968. The van der Waals surface area contributed by atoms with Gasteiger partial charge in [-0.2, -0.15) is 5.10 Å². The summed E-state index contributed by atoms with van der Waals surface area (Å²) in [6.45, 7) is 15.7. The number of fused-ring (bicyclic) bond motifs is 1. The van der Waals surface area contributed by atoms with E-state index in [-0.39, 0.29) is 17.5 Å². The molecule has 0 bridgehead atoms. The lowest BCUT2D eigenvalue weighted by Crippen LogP contribution is -2.42. The number of benzene rings is 1. The number of nitrogens with zero attached hydrogens (tertiary/aromatic N) is 5. The van der Waals surface area contributed by atoms with Crippen molar-refractivity contribution in [2.24, 2.45) is 0 Å². The summed E-state index contributed by atoms with van der Waals surface area (Å²) in [6, 6.07) is 6.26. The molecule has 7 heteroatoms. The van der Waals surface area contributed by atoms with E-state index in [0.717, 1.165) is 49.2 Å². The maximum atomic E-state index is 13.4. The van der Waals surface area contributed by atoms with Gasteiger partial charge in [0, 0.05) is 26.2 Å². The van der Waals surface area contributed by atoms with Crippen LogP contribution in [0.3, 0.4) is 0 Å². The minimum atomic E-state index is -0.335. The number of hydrogen-bond acceptors (Lipinski definition) is 4. The lowest BCUT2D eigenvalue weighted by molar-refractivity contribution is -0.133. The van der Waals surface area contributed by atoms with E-state index in [2.05, 4.69) is 55.9 Å². The number of carbonyl (C=O) groups excluding carboxylic acids is 1. The van der Waals surface area contributed by atoms with Crippen molar-refractivity contribution >= 4 is 5.91 Å². The van der Waals surface area contributed by atoms with Crippen molar-refractivity contribution in [3.63, 3.8) is 0 Å². The Morgan fingerprint density at radius 2 is 1.87 bits per heavy atom. The van der Waals surface area contributed by atoms with Gasteiger partial charge in [-0.1, -0.05) is 37.6 Å². The molecule has 0 saturated heterocycles. The second-order valence-corrected chi connectivity index (χ2v) is 8.52. The molecule has 1 atom stereocenters. The molecule has 0 aliphatic carbocycles. The highest BCUT2D eigenvalue weighted by Crippen LogP contribution is 2.27. The van der Waals surface area contributed by atoms with Gasteiger partial charge in [-0.05, 0) is 57.8 Å². The van der Waals surface area contributed by atoms with Gasteiger partial charge in [0.25, 0.3) is 0 Å². The van der Waals surface area contributed by atoms with E-state index in [1.807, 2.05) is 11.8 Å². The fraction of sp³-hybridized carbons (Fsp3) is 0.625. The number of likely N-dealkylation sites (N-methyl/N-ethyl adjacent to an activating group) is 2. The SMILES string of the molecule is CCN(CC)CCN(CC)C(=O)C1CCCn2c1nn(Cc1cc(C)ccc1C)c2=O. The third-order valence-corrected chi connectivity index (χ3v) is 6.53. The van der Waals surface area contributed by atoms with Gasteiger partial charge in [0.15, 0.2) is 0 Å². The first-order valence-electron chi connectivity index (χ1n) is 11.6. The van der Waals surface area contributed by atoms with Gasteiger partial charge in [0.1, 0.15) is 5.82 Å². The fourth-order valence-corrected chi connectivity index (χ4v) is 4.42. The van der Waals surface area contributed by atoms with Gasteiger partial charge in [0.2, 0.25) is 5.91 Å². The molecule has 170 valence electrons. The topological polar surface area (TPSA) is 63.4 Å². The van der Waals surface area contributed by atoms with Gasteiger partial charge in [-0.25, -0.2) is 9.48 Å². The number of amides is 1. The molecule has 3 rings (SSSR count). The van der Waals surface area contributed by atoms with Gasteiger partial charge >= 0.3 is 5.69 Å². The number of rotatable bonds is 9. The van der Waals surface area contributed by atoms with Crippen LogP contribution in [-0.4, -0.2) is 62.8 Å². The van der Waals surface area contributed by atoms with Gasteiger partial charge in [0.05, 0.1) is 12.5 Å². The second-order valence-electron chi connectivity index (χ2n) is 8.52. The minimum Gasteiger partial charge on any atom is -0.341 e. The molecule has 1 amide bonds. The van der Waals surface area contributed by atoms with Crippen LogP contribution in [0.1, 0.15) is 62.0 Å². The Bertz CT molecular complexity index is 957. The summed E-state index contributed by atoms with van der Waals surface area (Å²) in [6.07, 6.45) is 1.58. The molecule has 0 N–H and O–H groups in total. The fourth-order valence-electron chi connectivity index (χ4n) is 4.42. The van der Waals surface area contributed by atoms with E-state index in [4.69, 9.17) is 0 Å². The maximum absolute atomic E-state index is 13.4. The lowest BCUT2D eigenvalue weighted by atomic mass is 9.97. The van der Waals surface area contributed by atoms with Crippen molar-refractivity contribution < 1.29 is 4.79 Å². The first-order valence-corrected chi connectivity index (χ1v) is 11.6. The standard InChI is InChI=1S/C24H37N5O2/c1-6-26(7-2)14-15-27(8-3)23(30)21-10-9-13-28-22(21)25-29(24(28)31)17-20-16-18(4)11-12-19(20)5/h11-12,16,21H,6-10,13-15,17H2,1-5H3. The predicted octanol–water partition coefficient (Wildman–Crippen LogP) is 2.78. The molecule has 0 radical (unpaired) electrons. The van der Waals surface area contributed by atoms with Crippen molar-refractivity contribution in [1.82, 2.24) is 24.1 Å². The molecule has 1 aliphatic rings. The zero-order valence-corrected chi connectivity index (χ0v) is 19.7. The number of aromatic nitrogens is 3. The average Bonchev–Trinajstić information content (AvgIpc) is 3.09. The van der Waals surface area contributed by atoms with E-state index >= 15 is 0 Å². The Morgan fingerprint density at radius 1 is 1.13 bits per heavy atom. The Morgan fingerprint density at radius 3 is 2.55 bits per heavy atom. The van der Waals surface area contributed by atoms with Crippen LogP contribution < -0.4 is 5.69 Å². The molecule has 1 aliphatic heterocycles. The summed E-state index contributed by atoms with van der Waals surface area (Å²) in [4.78, 5) is 30.7. The van der Waals surface area contributed by atoms with Gasteiger partial charge in [-0.3, -0.25) is 9.36 Å². The molecule has 1 unspecified atom stereocenters. The molecule has 2 aromatic rings. The first kappa shape index (κ1) is 23.3. The van der Waals surface area contributed by atoms with E-state index in [1.54, 1.807) is 4.57 Å². The Labute approximate surface area is 185 Å². The van der Waals surface area contributed by atoms with E-state index in [9.17, 15) is 9.59 Å². The van der Waals surface area contributed by atoms with Crippen LogP contribution in [0, 0.1) is 13.8 Å². The maximum Gasteiger partial charge on any atom is 0.346 e. The average molecular weight is 428 g/mol. The summed E-state index contributed by atoms with van der Waals surface area (Å²) in [5.74, 6) is 0.394. The van der Waals surface area contributed by atoms with Crippen LogP contribution in [0.2, 0.25) is 0 Å². The summed E-state index contributed by atoms with van der Waals surface area (Å²) in [5.41, 5.74) is 3.29. The highest BCUT2D eigenvalue weighted by molar-refractivity contribution is 5.83. The Hall–Kier alpha value is -2.41. The quantitative estimate of drug-likeness (QED) is 0.617. The molecule has 0 fully saturated rings. The molecule has 1 aromatic carbocycles. The number of hydrogen-bond donors (Lipinski definition) is 0. The summed E-state index contributed by atoms with van der Waals surface area (Å²) < 4.78 is 3.25. The molecular formula is C24H37N5O2. The largest absolute Gasteiger partial charge is 0.346 e. The van der Waals surface area contributed by atoms with Crippen LogP contribution in [-0.2, 0) is 17.9 Å². The summed E-state index contributed by atoms with van der Waals surface area (Å²) in [7, 11) is 0. The highest BCUT2D eigenvalue weighted by atomic mass is 16.2. The van der Waals surface area contributed by atoms with Crippen molar-refractivity contribution in [2.75, 3.05) is 32.7 Å². The van der Waals surface area contributed by atoms with Crippen molar-refractivity contribution in [3.8, 4) is 0 Å². The summed E-state index contributed by atoms with van der Waals surface area (Å²) >= 11 is 0. The third-order valence-electron chi connectivity index (χ3n) is 6.53. The van der Waals surface area contributed by atoms with Crippen LogP contribution >= 0.6 is 0 Å². The van der Waals surface area contributed by atoms with Crippen molar-refractivity contribution in [2.45, 2.75) is 66.5 Å². The summed E-state index contributed by atoms with van der Waals surface area (Å²) in [5, 5.41) is 4.67. The molecule has 0 spiro atoms. The highest BCUT2D eigenvalue weighted by Gasteiger charge is 2.33. The van der Waals surface area contributed by atoms with Crippen LogP contribution in [0.15, 0.2) is 23.0 Å². The number of aryl methyl sites for hydroxylation is 2. The molecule has 1 aromatic heterocycles. The zero-order valence-electron chi connectivity index (χ0n) is 19.7. The molecule has 7 nitrogen and oxygen atoms in total. The molecule has 2 heterocycles. The normalized spacial score (nSPS) is 15.9. The third kappa shape index (κ3) is 5.09. The zero-order chi connectivity index (χ0) is 22.5. The Kier molecular flexibility index (Phi) is 7.70. The van der Waals surface area contributed by atoms with E-state index < -0.39 is 0 Å². The van der Waals surface area contributed by atoms with Gasteiger partial charge in [-0.15, -0.1) is 0 Å². The predicted molar refractivity (Wildman–Crippen MR) is 124 cm³/mol. The molecular weight excluding hydrogens is 390 g/mol. The second kappa shape index (κ2) is 10.3. The lowest BCUT2D eigenvalue weighted by Gasteiger charge is -2.30. The van der Waals surface area contributed by atoms with Crippen LogP contribution in [0.25, 0.3) is 0 Å². The molecule has 31 heavy (non-hydrogen) atoms. The monoisotopic (exact) mass is 427 g/mol. The number of carbonyl (C=O) groups is 1. The van der Waals surface area contributed by atoms with Crippen LogP contribution in [0.5, 0.6) is 0 Å².